The summed E-state index contributed by atoms with van der Waals surface area (Å²) in [4.78, 5) is 10.5. The van der Waals surface area contributed by atoms with Crippen LogP contribution in [0.4, 0.5) is 0 Å². The van der Waals surface area contributed by atoms with Gasteiger partial charge in [0.15, 0.2) is 0 Å². The van der Waals surface area contributed by atoms with Crippen molar-refractivity contribution in [3.05, 3.63) is 0 Å². The van der Waals surface area contributed by atoms with Crippen LogP contribution in [0.5, 0.6) is 0 Å². The maximum absolute atomic E-state index is 10.5. The molecule has 0 bridgehead atoms. The zero-order valence-electron chi connectivity index (χ0n) is 14.4. The summed E-state index contributed by atoms with van der Waals surface area (Å²) in [5, 5.41) is 0. The fourth-order valence-corrected chi connectivity index (χ4v) is 15.5. The Morgan fingerprint density at radius 1 is 0.750 bits per heavy atom. The molecule has 4 nitrogen and oxygen atoms in total. The van der Waals surface area contributed by atoms with Crippen molar-refractivity contribution in [2.24, 2.45) is 0 Å². The van der Waals surface area contributed by atoms with Gasteiger partial charge in [0.1, 0.15) is 0 Å². The van der Waals surface area contributed by atoms with Crippen LogP contribution in [0.25, 0.3) is 0 Å². The van der Waals surface area contributed by atoms with E-state index in [0.717, 1.165) is 37.4 Å². The largest absolute Gasteiger partial charge is 0.415 e. The Hall–Kier alpha value is 0.491. The Morgan fingerprint density at radius 2 is 1.20 bits per heavy atom. The quantitative estimate of drug-likeness (QED) is 0.576. The van der Waals surface area contributed by atoms with E-state index in [9.17, 15) is 4.80 Å². The van der Waals surface area contributed by atoms with Crippen LogP contribution in [-0.4, -0.2) is 37.6 Å². The van der Waals surface area contributed by atoms with Crippen molar-refractivity contribution < 1.29 is 17.5 Å². The molecular formula is C13H34O4Si3. The predicted molar refractivity (Wildman–Crippen MR) is 91.5 cm³/mol. The van der Waals surface area contributed by atoms with E-state index in [1.54, 1.807) is 7.11 Å². The fraction of sp³-hybridized carbons (Fsp3) is 1.00. The molecule has 0 aliphatic carbocycles. The number of hydrogen-bond donors (Lipinski definition) is 1. The first kappa shape index (κ1) is 20.5. The molecule has 0 aliphatic rings. The molecule has 20 heavy (non-hydrogen) atoms. The zero-order valence-corrected chi connectivity index (χ0v) is 17.4. The SMILES string of the molecule is CCC[Si](C)(O)O[Si](C)(CCC)O[Si](C)(CCC)OC. The molecule has 1 N–H and O–H groups in total. The Morgan fingerprint density at radius 3 is 1.60 bits per heavy atom. The maximum atomic E-state index is 10.5. The molecule has 0 radical (unpaired) electrons. The van der Waals surface area contributed by atoms with Gasteiger partial charge in [-0.3, -0.25) is 0 Å². The average Bonchev–Trinajstić information content (AvgIpc) is 2.27. The van der Waals surface area contributed by atoms with Gasteiger partial charge in [0, 0.05) is 7.11 Å². The van der Waals surface area contributed by atoms with Crippen molar-refractivity contribution in [1.82, 2.24) is 0 Å². The topological polar surface area (TPSA) is 47.9 Å². The van der Waals surface area contributed by atoms with Crippen molar-refractivity contribution in [1.29, 1.82) is 0 Å². The zero-order chi connectivity index (χ0) is 15.9. The smallest absolute Gasteiger partial charge is 0.325 e. The lowest BCUT2D eigenvalue weighted by Gasteiger charge is -2.39. The van der Waals surface area contributed by atoms with Gasteiger partial charge < -0.3 is 17.5 Å². The molecule has 7 heteroatoms. The van der Waals surface area contributed by atoms with Gasteiger partial charge in [-0.2, -0.15) is 0 Å². The molecule has 0 aromatic carbocycles. The average molecular weight is 339 g/mol. The summed E-state index contributed by atoms with van der Waals surface area (Å²) in [5.41, 5.74) is 0. The molecule has 0 heterocycles. The molecule has 0 saturated carbocycles. The Kier molecular flexibility index (Phi) is 9.03. The van der Waals surface area contributed by atoms with E-state index in [-0.39, 0.29) is 0 Å². The van der Waals surface area contributed by atoms with Gasteiger partial charge in [-0.1, -0.05) is 40.0 Å². The van der Waals surface area contributed by atoms with Crippen LogP contribution in [0.1, 0.15) is 40.0 Å². The summed E-state index contributed by atoms with van der Waals surface area (Å²) >= 11 is 0. The lowest BCUT2D eigenvalue weighted by molar-refractivity contribution is 0.250. The van der Waals surface area contributed by atoms with Crippen molar-refractivity contribution in [3.63, 3.8) is 0 Å². The fourth-order valence-electron chi connectivity index (χ4n) is 2.66. The van der Waals surface area contributed by atoms with Crippen LogP contribution in [0.15, 0.2) is 0 Å². The van der Waals surface area contributed by atoms with Gasteiger partial charge >= 0.3 is 25.7 Å². The van der Waals surface area contributed by atoms with E-state index in [1.807, 2.05) is 6.55 Å². The third-order valence-corrected chi connectivity index (χ3v) is 15.5. The third kappa shape index (κ3) is 7.49. The molecule has 0 saturated heterocycles. The second-order valence-electron chi connectivity index (χ2n) is 6.10. The van der Waals surface area contributed by atoms with Gasteiger partial charge in [-0.25, -0.2) is 0 Å². The van der Waals surface area contributed by atoms with Crippen LogP contribution in [0.2, 0.25) is 37.8 Å². The standard InChI is InChI=1S/C13H34O4Si3/c1-8-11-18(5,14)16-20(7,13-10-3)17-19(6,15-4)12-9-2/h14H,8-13H2,1-7H3. The minimum Gasteiger partial charge on any atom is -0.415 e. The van der Waals surface area contributed by atoms with Crippen LogP contribution < -0.4 is 0 Å². The Balaban J connectivity index is 4.99. The van der Waals surface area contributed by atoms with Crippen molar-refractivity contribution in [2.75, 3.05) is 7.11 Å². The first-order valence-electron chi connectivity index (χ1n) is 7.83. The van der Waals surface area contributed by atoms with E-state index >= 15 is 0 Å². The Bertz CT molecular complexity index is 278. The lowest BCUT2D eigenvalue weighted by Crippen LogP contribution is -2.56. The van der Waals surface area contributed by atoms with Gasteiger partial charge in [0.05, 0.1) is 0 Å². The molecule has 0 aromatic heterocycles. The summed E-state index contributed by atoms with van der Waals surface area (Å²) in [7, 11) is -5.41. The molecule has 0 amide bonds. The highest BCUT2D eigenvalue weighted by Gasteiger charge is 2.45. The summed E-state index contributed by atoms with van der Waals surface area (Å²) in [6.45, 7) is 12.4. The predicted octanol–water partition coefficient (Wildman–Crippen LogP) is 4.10. The van der Waals surface area contributed by atoms with Crippen molar-refractivity contribution in [2.45, 2.75) is 77.8 Å². The second-order valence-corrected chi connectivity index (χ2v) is 16.5. The van der Waals surface area contributed by atoms with Crippen LogP contribution in [-0.2, 0) is 12.7 Å². The van der Waals surface area contributed by atoms with Gasteiger partial charge in [-0.05, 0) is 37.8 Å². The van der Waals surface area contributed by atoms with Crippen LogP contribution in [0, 0.1) is 0 Å². The normalized spacial score (nSPS) is 21.0. The first-order chi connectivity index (χ1) is 9.16. The Labute approximate surface area is 128 Å². The highest BCUT2D eigenvalue weighted by Crippen LogP contribution is 2.28. The van der Waals surface area contributed by atoms with E-state index in [2.05, 4.69) is 33.9 Å². The highest BCUT2D eigenvalue weighted by atomic mass is 28.5. The molecule has 0 fully saturated rings. The number of rotatable bonds is 11. The minimum atomic E-state index is -2.61. The molecule has 3 unspecified atom stereocenters. The maximum Gasteiger partial charge on any atom is 0.325 e. The van der Waals surface area contributed by atoms with Gasteiger partial charge in [0.2, 0.25) is 0 Å². The highest BCUT2D eigenvalue weighted by molar-refractivity contribution is 6.85. The molecule has 0 rings (SSSR count). The number of hydrogen-bond acceptors (Lipinski definition) is 4. The molecular weight excluding hydrogens is 304 g/mol. The second kappa shape index (κ2) is 8.82. The molecule has 0 spiro atoms. The molecule has 122 valence electrons. The minimum absolute atomic E-state index is 0.766. The third-order valence-electron chi connectivity index (χ3n) is 3.42. The summed E-state index contributed by atoms with van der Waals surface area (Å²) in [6.07, 6.45) is 3.01. The van der Waals surface area contributed by atoms with E-state index < -0.39 is 25.7 Å². The molecule has 3 atom stereocenters. The van der Waals surface area contributed by atoms with Gasteiger partial charge in [0.25, 0.3) is 0 Å². The van der Waals surface area contributed by atoms with Crippen molar-refractivity contribution in [3.8, 4) is 0 Å². The molecule has 0 aromatic rings. The first-order valence-corrected chi connectivity index (χ1v) is 15.4. The van der Waals surface area contributed by atoms with Gasteiger partial charge in [-0.15, -0.1) is 0 Å². The summed E-state index contributed by atoms with van der Waals surface area (Å²) in [5.74, 6) is 0. The lowest BCUT2D eigenvalue weighted by atomic mass is 10.6. The monoisotopic (exact) mass is 338 g/mol. The van der Waals surface area contributed by atoms with Crippen LogP contribution >= 0.6 is 0 Å². The molecule has 0 aliphatic heterocycles. The van der Waals surface area contributed by atoms with E-state index in [1.165, 1.54) is 0 Å². The van der Waals surface area contributed by atoms with E-state index in [0.29, 0.717) is 0 Å². The summed E-state index contributed by atoms with van der Waals surface area (Å²) in [6, 6.07) is 2.65. The van der Waals surface area contributed by atoms with Crippen molar-refractivity contribution >= 4 is 25.7 Å². The summed E-state index contributed by atoms with van der Waals surface area (Å²) < 4.78 is 18.4. The van der Waals surface area contributed by atoms with Crippen LogP contribution in [0.3, 0.4) is 0 Å². The van der Waals surface area contributed by atoms with E-state index in [4.69, 9.17) is 12.7 Å².